The van der Waals surface area contributed by atoms with Gasteiger partial charge in [-0.15, -0.1) is 0 Å². The van der Waals surface area contributed by atoms with Crippen LogP contribution in [0.1, 0.15) is 0 Å². The van der Waals surface area contributed by atoms with E-state index in [1.54, 1.807) is 0 Å². The molecule has 0 fully saturated rings. The molecule has 4 nitrogen and oxygen atoms in total. The van der Waals surface area contributed by atoms with Crippen molar-refractivity contribution in [2.75, 3.05) is 19.6 Å². The van der Waals surface area contributed by atoms with E-state index >= 15 is 0 Å². The predicted octanol–water partition coefficient (Wildman–Crippen LogP) is -1.74. The fourth-order valence-electron chi connectivity index (χ4n) is 0.273. The summed E-state index contributed by atoms with van der Waals surface area (Å²) in [6.07, 6.45) is 0. The lowest BCUT2D eigenvalue weighted by molar-refractivity contribution is 0.966. The molecule has 0 aliphatic carbocycles. The molecule has 0 rings (SSSR count). The van der Waals surface area contributed by atoms with E-state index in [0.29, 0.717) is 25.5 Å². The Bertz CT molecular complexity index is 78.1. The predicted molar refractivity (Wildman–Crippen MR) is 34.6 cm³/mol. The lowest BCUT2D eigenvalue weighted by Gasteiger charge is -1.91. The van der Waals surface area contributed by atoms with Crippen molar-refractivity contribution in [2.45, 2.75) is 0 Å². The van der Waals surface area contributed by atoms with Crippen LogP contribution in [0, 0.1) is 0 Å². The normalized spacial score (nSPS) is 12.0. The van der Waals surface area contributed by atoms with Gasteiger partial charge in [0, 0.05) is 6.54 Å². The molecule has 0 bridgehead atoms. The van der Waals surface area contributed by atoms with E-state index in [9.17, 15) is 0 Å². The zero-order chi connectivity index (χ0) is 6.41. The van der Waals surface area contributed by atoms with Gasteiger partial charge in [0.25, 0.3) is 0 Å². The number of aliphatic imine (C=N–C) groups is 1. The maximum absolute atomic E-state index is 5.23. The fraction of sp³-hybridized carbons (Fsp3) is 0.750. The minimum Gasteiger partial charge on any atom is -0.386 e. The topological polar surface area (TPSA) is 90.4 Å². The average Bonchev–Trinajstić information content (AvgIpc) is 1.83. The van der Waals surface area contributed by atoms with Gasteiger partial charge in [0.1, 0.15) is 5.84 Å². The van der Waals surface area contributed by atoms with Gasteiger partial charge in [-0.05, 0) is 0 Å². The summed E-state index contributed by atoms with van der Waals surface area (Å²) in [5, 5.41) is 0. The minimum atomic E-state index is 0.319. The average molecular weight is 116 g/mol. The van der Waals surface area contributed by atoms with Crippen molar-refractivity contribution in [1.82, 2.24) is 0 Å². The van der Waals surface area contributed by atoms with Gasteiger partial charge in [0.05, 0.1) is 13.1 Å². The van der Waals surface area contributed by atoms with Crippen molar-refractivity contribution in [3.63, 3.8) is 0 Å². The number of hydrogen-bond acceptors (Lipinski definition) is 3. The van der Waals surface area contributed by atoms with Crippen LogP contribution in [0.25, 0.3) is 0 Å². The number of rotatable bonds is 3. The van der Waals surface area contributed by atoms with E-state index in [0.717, 1.165) is 0 Å². The molecule has 8 heavy (non-hydrogen) atoms. The van der Waals surface area contributed by atoms with Gasteiger partial charge in [-0.1, -0.05) is 0 Å². The van der Waals surface area contributed by atoms with E-state index < -0.39 is 0 Å². The van der Waals surface area contributed by atoms with Crippen molar-refractivity contribution in [3.05, 3.63) is 0 Å². The molecule has 0 aliphatic rings. The van der Waals surface area contributed by atoms with Gasteiger partial charge in [0.15, 0.2) is 0 Å². The molecule has 6 N–H and O–H groups in total. The van der Waals surface area contributed by atoms with Crippen LogP contribution in [-0.2, 0) is 0 Å². The van der Waals surface area contributed by atoms with E-state index in [4.69, 9.17) is 17.2 Å². The summed E-state index contributed by atoms with van der Waals surface area (Å²) in [6, 6.07) is 0. The summed E-state index contributed by atoms with van der Waals surface area (Å²) in [6.45, 7) is 1.42. The summed E-state index contributed by atoms with van der Waals surface area (Å²) in [7, 11) is 0. The van der Waals surface area contributed by atoms with Crippen LogP contribution in [0.2, 0.25) is 0 Å². The monoisotopic (exact) mass is 116 g/mol. The van der Waals surface area contributed by atoms with Crippen molar-refractivity contribution >= 4 is 5.84 Å². The van der Waals surface area contributed by atoms with E-state index in [-0.39, 0.29) is 0 Å². The molecule has 0 aliphatic heterocycles. The minimum absolute atomic E-state index is 0.319. The Balaban J connectivity index is 3.26. The Morgan fingerprint density at radius 1 is 1.38 bits per heavy atom. The van der Waals surface area contributed by atoms with E-state index in [2.05, 4.69) is 4.99 Å². The molecule has 0 aromatic rings. The van der Waals surface area contributed by atoms with E-state index in [1.807, 2.05) is 0 Å². The number of nitrogens with zero attached hydrogens (tertiary/aromatic N) is 1. The summed E-state index contributed by atoms with van der Waals surface area (Å²) >= 11 is 0. The van der Waals surface area contributed by atoms with Crippen molar-refractivity contribution in [1.29, 1.82) is 0 Å². The van der Waals surface area contributed by atoms with Crippen molar-refractivity contribution in [2.24, 2.45) is 22.2 Å². The zero-order valence-corrected chi connectivity index (χ0v) is 4.80. The van der Waals surface area contributed by atoms with Gasteiger partial charge >= 0.3 is 0 Å². The second-order valence-corrected chi connectivity index (χ2v) is 1.37. The second-order valence-electron chi connectivity index (χ2n) is 1.37. The molecule has 0 saturated carbocycles. The van der Waals surface area contributed by atoms with Gasteiger partial charge in [-0.2, -0.15) is 0 Å². The first-order chi connectivity index (χ1) is 3.81. The maximum atomic E-state index is 5.23. The molecule has 0 saturated heterocycles. The van der Waals surface area contributed by atoms with E-state index in [1.165, 1.54) is 0 Å². The van der Waals surface area contributed by atoms with Crippen LogP contribution in [0.4, 0.5) is 0 Å². The molecular weight excluding hydrogens is 104 g/mol. The number of nitrogens with two attached hydrogens (primary N) is 3. The lowest BCUT2D eigenvalue weighted by Crippen LogP contribution is -2.24. The summed E-state index contributed by atoms with van der Waals surface area (Å²) < 4.78 is 0. The Morgan fingerprint density at radius 2 is 2.00 bits per heavy atom. The first-order valence-corrected chi connectivity index (χ1v) is 2.50. The fourth-order valence-corrected chi connectivity index (χ4v) is 0.273. The van der Waals surface area contributed by atoms with Gasteiger partial charge in [-0.3, -0.25) is 4.99 Å². The summed E-state index contributed by atoms with van der Waals surface area (Å²) in [5.74, 6) is 0.468. The number of amidine groups is 1. The highest BCUT2D eigenvalue weighted by Crippen LogP contribution is 1.64. The maximum Gasteiger partial charge on any atom is 0.108 e. The van der Waals surface area contributed by atoms with Crippen LogP contribution in [0.15, 0.2) is 4.99 Å². The van der Waals surface area contributed by atoms with Crippen LogP contribution in [-0.4, -0.2) is 25.5 Å². The highest BCUT2D eigenvalue weighted by molar-refractivity contribution is 5.82. The quantitative estimate of drug-likeness (QED) is 0.302. The highest BCUT2D eigenvalue weighted by atomic mass is 14.9. The van der Waals surface area contributed by atoms with Gasteiger partial charge in [-0.25, -0.2) is 0 Å². The van der Waals surface area contributed by atoms with Crippen molar-refractivity contribution in [3.8, 4) is 0 Å². The van der Waals surface area contributed by atoms with Gasteiger partial charge < -0.3 is 17.2 Å². The first kappa shape index (κ1) is 7.39. The molecular formula is C4H12N4. The highest BCUT2D eigenvalue weighted by Gasteiger charge is 1.81. The van der Waals surface area contributed by atoms with Crippen molar-refractivity contribution < 1.29 is 0 Å². The molecule has 0 atom stereocenters. The molecule has 4 heteroatoms. The molecule has 0 spiro atoms. The first-order valence-electron chi connectivity index (χ1n) is 2.50. The Hall–Kier alpha value is -0.610. The lowest BCUT2D eigenvalue weighted by atomic mass is 10.6. The number of hydrogen-bond donors (Lipinski definition) is 3. The van der Waals surface area contributed by atoms with Crippen LogP contribution in [0.3, 0.4) is 0 Å². The van der Waals surface area contributed by atoms with Gasteiger partial charge in [0.2, 0.25) is 0 Å². The molecule has 0 aromatic carbocycles. The summed E-state index contributed by atoms with van der Waals surface area (Å²) in [5.41, 5.74) is 15.5. The van der Waals surface area contributed by atoms with Crippen LogP contribution >= 0.6 is 0 Å². The largest absolute Gasteiger partial charge is 0.386 e. The molecule has 0 radical (unpaired) electrons. The zero-order valence-electron chi connectivity index (χ0n) is 4.80. The molecule has 0 unspecified atom stereocenters. The molecule has 0 aromatic heterocycles. The molecule has 0 heterocycles. The third-order valence-corrected chi connectivity index (χ3v) is 0.653. The smallest absolute Gasteiger partial charge is 0.108 e. The standard InChI is InChI=1S/C4H12N4/c5-1-2-8-4(7)3-6/h1-3,5-6H2,(H2,7,8). The third-order valence-electron chi connectivity index (χ3n) is 0.653. The second kappa shape index (κ2) is 4.55. The SMILES string of the molecule is NCCN=C(N)CN. The Labute approximate surface area is 48.7 Å². The molecule has 48 valence electrons. The Kier molecular flexibility index (Phi) is 4.20. The molecule has 0 amide bonds. The van der Waals surface area contributed by atoms with Crippen LogP contribution < -0.4 is 17.2 Å². The third kappa shape index (κ3) is 3.58. The van der Waals surface area contributed by atoms with Crippen LogP contribution in [0.5, 0.6) is 0 Å². The summed E-state index contributed by atoms with van der Waals surface area (Å²) in [4.78, 5) is 3.81. The Morgan fingerprint density at radius 3 is 2.38 bits per heavy atom.